The van der Waals surface area contributed by atoms with Crippen molar-refractivity contribution in [2.75, 3.05) is 20.2 Å². The Labute approximate surface area is 136 Å². The topological polar surface area (TPSA) is 74.7 Å². The SMILES string of the molecule is CN(CCO)C(=O)c1ccccc1S(=O)(=O)Cc1ccccc1. The molecule has 1 amide bonds. The lowest BCUT2D eigenvalue weighted by atomic mass is 10.2. The molecule has 1 N–H and O–H groups in total. The average molecular weight is 333 g/mol. The van der Waals surface area contributed by atoms with Gasteiger partial charge in [0.2, 0.25) is 0 Å². The van der Waals surface area contributed by atoms with E-state index in [9.17, 15) is 13.2 Å². The summed E-state index contributed by atoms with van der Waals surface area (Å²) >= 11 is 0. The molecule has 0 bridgehead atoms. The van der Waals surface area contributed by atoms with Crippen molar-refractivity contribution in [3.63, 3.8) is 0 Å². The maximum atomic E-state index is 12.7. The number of carbonyl (C=O) groups is 1. The number of sulfone groups is 1. The van der Waals surface area contributed by atoms with E-state index >= 15 is 0 Å². The maximum absolute atomic E-state index is 12.7. The Morgan fingerprint density at radius 2 is 1.65 bits per heavy atom. The summed E-state index contributed by atoms with van der Waals surface area (Å²) in [6, 6.07) is 15.0. The Bertz CT molecular complexity index is 772. The van der Waals surface area contributed by atoms with Gasteiger partial charge in [-0.05, 0) is 17.7 Å². The van der Waals surface area contributed by atoms with Gasteiger partial charge in [0.05, 0.1) is 22.8 Å². The summed E-state index contributed by atoms with van der Waals surface area (Å²) in [6.07, 6.45) is 0. The molecule has 5 nitrogen and oxygen atoms in total. The van der Waals surface area contributed by atoms with Crippen LogP contribution in [0.5, 0.6) is 0 Å². The molecule has 0 fully saturated rings. The monoisotopic (exact) mass is 333 g/mol. The van der Waals surface area contributed by atoms with E-state index in [-0.39, 0.29) is 29.4 Å². The van der Waals surface area contributed by atoms with Crippen molar-refractivity contribution < 1.29 is 18.3 Å². The predicted molar refractivity (Wildman–Crippen MR) is 87.8 cm³/mol. The van der Waals surface area contributed by atoms with Crippen LogP contribution in [0.1, 0.15) is 15.9 Å². The second-order valence-electron chi connectivity index (χ2n) is 5.19. The standard InChI is InChI=1S/C17H19NO4S/c1-18(11-12-19)17(20)15-9-5-6-10-16(15)23(21,22)13-14-7-3-2-4-8-14/h2-10,19H,11-13H2,1H3. The van der Waals surface area contributed by atoms with Crippen molar-refractivity contribution in [2.24, 2.45) is 0 Å². The van der Waals surface area contributed by atoms with E-state index in [0.29, 0.717) is 5.56 Å². The summed E-state index contributed by atoms with van der Waals surface area (Å²) < 4.78 is 25.4. The zero-order valence-corrected chi connectivity index (χ0v) is 13.7. The third-order valence-corrected chi connectivity index (χ3v) is 5.17. The molecule has 0 aromatic heterocycles. The van der Waals surface area contributed by atoms with Crippen LogP contribution in [0.2, 0.25) is 0 Å². The van der Waals surface area contributed by atoms with E-state index in [1.54, 1.807) is 36.4 Å². The number of rotatable bonds is 6. The first-order chi connectivity index (χ1) is 11.0. The molecule has 0 atom stereocenters. The maximum Gasteiger partial charge on any atom is 0.254 e. The van der Waals surface area contributed by atoms with Crippen LogP contribution in [0, 0.1) is 0 Å². The highest BCUT2D eigenvalue weighted by Gasteiger charge is 2.24. The predicted octanol–water partition coefficient (Wildman–Crippen LogP) is 1.72. The zero-order chi connectivity index (χ0) is 16.9. The van der Waals surface area contributed by atoms with Gasteiger partial charge in [0.1, 0.15) is 0 Å². The summed E-state index contributed by atoms with van der Waals surface area (Å²) in [5, 5.41) is 8.94. The van der Waals surface area contributed by atoms with Gasteiger partial charge in [-0.15, -0.1) is 0 Å². The average Bonchev–Trinajstić information content (AvgIpc) is 2.55. The summed E-state index contributed by atoms with van der Waals surface area (Å²) in [7, 11) is -2.12. The summed E-state index contributed by atoms with van der Waals surface area (Å²) in [6.45, 7) is -0.0347. The number of hydrogen-bond donors (Lipinski definition) is 1. The normalized spacial score (nSPS) is 11.2. The minimum Gasteiger partial charge on any atom is -0.395 e. The van der Waals surface area contributed by atoms with Crippen molar-refractivity contribution in [3.8, 4) is 0 Å². The van der Waals surface area contributed by atoms with Crippen LogP contribution in [0.25, 0.3) is 0 Å². The molecule has 2 aromatic carbocycles. The number of carbonyl (C=O) groups excluding carboxylic acids is 1. The molecule has 0 heterocycles. The third-order valence-electron chi connectivity index (χ3n) is 3.43. The number of aliphatic hydroxyl groups is 1. The van der Waals surface area contributed by atoms with Crippen molar-refractivity contribution in [1.82, 2.24) is 4.90 Å². The van der Waals surface area contributed by atoms with Gasteiger partial charge in [-0.25, -0.2) is 8.42 Å². The van der Waals surface area contributed by atoms with Crippen LogP contribution < -0.4 is 0 Å². The number of nitrogens with zero attached hydrogens (tertiary/aromatic N) is 1. The molecule has 2 rings (SSSR count). The number of benzene rings is 2. The molecule has 0 unspecified atom stereocenters. The lowest BCUT2D eigenvalue weighted by Gasteiger charge is -2.18. The fourth-order valence-electron chi connectivity index (χ4n) is 2.24. The van der Waals surface area contributed by atoms with Crippen LogP contribution in [-0.2, 0) is 15.6 Å². The van der Waals surface area contributed by atoms with E-state index in [1.807, 2.05) is 6.07 Å². The van der Waals surface area contributed by atoms with Gasteiger partial charge in [0, 0.05) is 13.6 Å². The van der Waals surface area contributed by atoms with Crippen LogP contribution in [0.3, 0.4) is 0 Å². The molecule has 122 valence electrons. The van der Waals surface area contributed by atoms with Crippen LogP contribution >= 0.6 is 0 Å². The molecule has 0 aliphatic rings. The minimum atomic E-state index is -3.65. The largest absolute Gasteiger partial charge is 0.395 e. The van der Waals surface area contributed by atoms with E-state index in [0.717, 1.165) is 0 Å². The third kappa shape index (κ3) is 4.18. The first-order valence-corrected chi connectivity index (χ1v) is 8.83. The molecule has 23 heavy (non-hydrogen) atoms. The Morgan fingerprint density at radius 3 is 2.30 bits per heavy atom. The number of aliphatic hydroxyl groups excluding tert-OH is 1. The van der Waals surface area contributed by atoms with Crippen molar-refractivity contribution in [1.29, 1.82) is 0 Å². The Hall–Kier alpha value is -2.18. The first-order valence-electron chi connectivity index (χ1n) is 7.18. The summed E-state index contributed by atoms with van der Waals surface area (Å²) in [4.78, 5) is 13.7. The smallest absolute Gasteiger partial charge is 0.254 e. The molecular formula is C17H19NO4S. The number of amides is 1. The van der Waals surface area contributed by atoms with Crippen LogP contribution in [-0.4, -0.2) is 44.5 Å². The van der Waals surface area contributed by atoms with Crippen LogP contribution in [0.15, 0.2) is 59.5 Å². The first kappa shape index (κ1) is 17.2. The molecule has 0 radical (unpaired) electrons. The summed E-state index contributed by atoms with van der Waals surface area (Å²) in [5.41, 5.74) is 0.790. The van der Waals surface area contributed by atoms with E-state index in [4.69, 9.17) is 5.11 Å². The van der Waals surface area contributed by atoms with Gasteiger partial charge < -0.3 is 10.0 Å². The molecular weight excluding hydrogens is 314 g/mol. The van der Waals surface area contributed by atoms with E-state index < -0.39 is 15.7 Å². The lowest BCUT2D eigenvalue weighted by Crippen LogP contribution is -2.30. The van der Waals surface area contributed by atoms with Gasteiger partial charge in [-0.2, -0.15) is 0 Å². The molecule has 0 aliphatic carbocycles. The zero-order valence-electron chi connectivity index (χ0n) is 12.8. The quantitative estimate of drug-likeness (QED) is 0.873. The minimum absolute atomic E-state index is 0.0126. The molecule has 6 heteroatoms. The molecule has 0 aliphatic heterocycles. The van der Waals surface area contributed by atoms with Crippen molar-refractivity contribution in [2.45, 2.75) is 10.6 Å². The highest BCUT2D eigenvalue weighted by molar-refractivity contribution is 7.90. The highest BCUT2D eigenvalue weighted by Crippen LogP contribution is 2.21. The van der Waals surface area contributed by atoms with Gasteiger partial charge in [0.15, 0.2) is 9.84 Å². The fraction of sp³-hybridized carbons (Fsp3) is 0.235. The molecule has 0 saturated carbocycles. The van der Waals surface area contributed by atoms with Gasteiger partial charge >= 0.3 is 0 Å². The number of hydrogen-bond acceptors (Lipinski definition) is 4. The molecule has 0 spiro atoms. The Balaban J connectivity index is 2.38. The highest BCUT2D eigenvalue weighted by atomic mass is 32.2. The second-order valence-corrected chi connectivity index (χ2v) is 7.15. The van der Waals surface area contributed by atoms with Gasteiger partial charge in [-0.1, -0.05) is 42.5 Å². The van der Waals surface area contributed by atoms with Gasteiger partial charge in [-0.3, -0.25) is 4.79 Å². The van der Waals surface area contributed by atoms with Gasteiger partial charge in [0.25, 0.3) is 5.91 Å². The summed E-state index contributed by atoms with van der Waals surface area (Å²) in [5.74, 6) is -0.590. The second kappa shape index (κ2) is 7.39. The van der Waals surface area contributed by atoms with E-state index in [2.05, 4.69) is 0 Å². The van der Waals surface area contributed by atoms with Crippen LogP contribution in [0.4, 0.5) is 0 Å². The lowest BCUT2D eigenvalue weighted by molar-refractivity contribution is 0.0763. The number of likely N-dealkylation sites (N-methyl/N-ethyl adjacent to an activating group) is 1. The van der Waals surface area contributed by atoms with E-state index in [1.165, 1.54) is 24.1 Å². The fourth-order valence-corrected chi connectivity index (χ4v) is 3.81. The Kier molecular flexibility index (Phi) is 5.52. The Morgan fingerprint density at radius 1 is 1.04 bits per heavy atom. The molecule has 2 aromatic rings. The van der Waals surface area contributed by atoms with Crippen molar-refractivity contribution in [3.05, 3.63) is 65.7 Å². The van der Waals surface area contributed by atoms with Crippen molar-refractivity contribution >= 4 is 15.7 Å². The molecule has 0 saturated heterocycles.